The zero-order valence-electron chi connectivity index (χ0n) is 17.7. The van der Waals surface area contributed by atoms with E-state index in [9.17, 15) is 18.0 Å². The number of benzene rings is 1. The van der Waals surface area contributed by atoms with E-state index in [-0.39, 0.29) is 0 Å². The topological polar surface area (TPSA) is 153 Å². The van der Waals surface area contributed by atoms with E-state index >= 15 is 0 Å². The van der Waals surface area contributed by atoms with E-state index in [2.05, 4.69) is 13.8 Å². The molecule has 0 saturated carbocycles. The molecule has 1 amide bonds. The van der Waals surface area contributed by atoms with Crippen LogP contribution < -0.4 is 16.2 Å². The number of nitrogens with two attached hydrogens (primary N) is 2. The van der Waals surface area contributed by atoms with Crippen molar-refractivity contribution in [2.24, 2.45) is 17.4 Å². The van der Waals surface area contributed by atoms with Crippen molar-refractivity contribution in [2.75, 3.05) is 12.8 Å². The summed E-state index contributed by atoms with van der Waals surface area (Å²) in [7, 11) is -3.50. The molecular formula is C20H35N3O5S. The second-order valence-electron chi connectivity index (χ2n) is 7.53. The summed E-state index contributed by atoms with van der Waals surface area (Å²) < 4.78 is 24.0. The van der Waals surface area contributed by atoms with Crippen molar-refractivity contribution in [3.8, 4) is 0 Å². The fraction of sp³-hybridized carbons (Fsp3) is 0.600. The molecule has 0 aliphatic rings. The molecule has 2 atom stereocenters. The Kier molecular flexibility index (Phi) is 12.4. The fourth-order valence-electron chi connectivity index (χ4n) is 2.47. The maximum atomic E-state index is 11.7. The number of rotatable bonds is 10. The lowest BCUT2D eigenvalue weighted by Gasteiger charge is -2.12. The highest BCUT2D eigenvalue weighted by molar-refractivity contribution is 7.89. The van der Waals surface area contributed by atoms with Gasteiger partial charge in [0.15, 0.2) is 0 Å². The number of hydrogen-bond acceptors (Lipinski definition) is 6. The Morgan fingerprint density at radius 2 is 1.66 bits per heavy atom. The molecule has 0 saturated heterocycles. The van der Waals surface area contributed by atoms with Crippen LogP contribution in [0.4, 0.5) is 0 Å². The summed E-state index contributed by atoms with van der Waals surface area (Å²) in [5, 5.41) is 8.33. The van der Waals surface area contributed by atoms with E-state index in [0.29, 0.717) is 18.9 Å². The van der Waals surface area contributed by atoms with Crippen LogP contribution in [0.3, 0.4) is 0 Å². The normalized spacial score (nSPS) is 13.2. The van der Waals surface area contributed by atoms with Gasteiger partial charge in [-0.15, -0.1) is 0 Å². The average Bonchev–Trinajstić information content (AvgIpc) is 2.60. The maximum absolute atomic E-state index is 11.7. The van der Waals surface area contributed by atoms with E-state index in [1.807, 2.05) is 29.0 Å². The molecule has 6 N–H and O–H groups in total. The predicted molar refractivity (Wildman–Crippen MR) is 115 cm³/mol. The summed E-state index contributed by atoms with van der Waals surface area (Å²) >= 11 is 0. The van der Waals surface area contributed by atoms with Gasteiger partial charge in [-0.2, -0.15) is 0 Å². The number of amides is 1. The van der Waals surface area contributed by atoms with Crippen LogP contribution in [-0.2, 0) is 26.0 Å². The number of carboxylic acids is 1. The third kappa shape index (κ3) is 13.0. The Bertz CT molecular complexity index is 733. The Balaban J connectivity index is 0.000000665. The monoisotopic (exact) mass is 429 g/mol. The van der Waals surface area contributed by atoms with Crippen LogP contribution in [0.2, 0.25) is 0 Å². The van der Waals surface area contributed by atoms with Crippen molar-refractivity contribution in [1.29, 1.82) is 0 Å². The molecule has 0 aliphatic heterocycles. The van der Waals surface area contributed by atoms with Crippen molar-refractivity contribution in [1.82, 2.24) is 4.72 Å². The Hall–Kier alpha value is -1.97. The lowest BCUT2D eigenvalue weighted by atomic mass is 9.96. The molecule has 0 fully saturated rings. The van der Waals surface area contributed by atoms with Crippen LogP contribution in [0.15, 0.2) is 24.3 Å². The molecule has 1 aromatic rings. The molecule has 8 nitrogen and oxygen atoms in total. The van der Waals surface area contributed by atoms with Crippen LogP contribution in [0.1, 0.15) is 57.1 Å². The molecule has 0 aromatic heterocycles. The summed E-state index contributed by atoms with van der Waals surface area (Å²) in [6.07, 6.45) is 4.13. The molecule has 0 aliphatic carbocycles. The van der Waals surface area contributed by atoms with Crippen molar-refractivity contribution in [2.45, 2.75) is 58.4 Å². The van der Waals surface area contributed by atoms with Gasteiger partial charge in [0, 0.05) is 0 Å². The van der Waals surface area contributed by atoms with Crippen molar-refractivity contribution in [3.05, 3.63) is 35.4 Å². The number of aliphatic carboxylic acids is 1. The number of unbranched alkanes of at least 4 members (excludes halogenated alkanes) is 1. The third-order valence-corrected chi connectivity index (χ3v) is 4.66. The molecular weight excluding hydrogens is 394 g/mol. The first-order chi connectivity index (χ1) is 13.4. The minimum absolute atomic E-state index is 0.483. The van der Waals surface area contributed by atoms with Gasteiger partial charge in [-0.3, -0.25) is 14.3 Å². The van der Waals surface area contributed by atoms with Gasteiger partial charge in [-0.05, 0) is 49.8 Å². The van der Waals surface area contributed by atoms with E-state index < -0.39 is 33.9 Å². The Labute approximate surface area is 174 Å². The van der Waals surface area contributed by atoms with Crippen LogP contribution in [0.25, 0.3) is 0 Å². The maximum Gasteiger partial charge on any atom is 0.320 e. The molecule has 1 aromatic carbocycles. The lowest BCUT2D eigenvalue weighted by Crippen LogP contribution is -2.32. The van der Waals surface area contributed by atoms with Gasteiger partial charge >= 0.3 is 5.97 Å². The van der Waals surface area contributed by atoms with E-state index in [1.165, 1.54) is 5.56 Å². The first-order valence-corrected chi connectivity index (χ1v) is 11.6. The number of carboxylic acid groups (broad SMARTS) is 1. The highest BCUT2D eigenvalue weighted by Crippen LogP contribution is 2.17. The smallest absolute Gasteiger partial charge is 0.320 e. The van der Waals surface area contributed by atoms with Gasteiger partial charge in [0.05, 0.1) is 12.2 Å². The van der Waals surface area contributed by atoms with Crippen LogP contribution >= 0.6 is 0 Å². The predicted octanol–water partition coefficient (Wildman–Crippen LogP) is 1.59. The summed E-state index contributed by atoms with van der Waals surface area (Å²) in [6, 6.07) is 7.01. The van der Waals surface area contributed by atoms with Gasteiger partial charge in [0.25, 0.3) is 0 Å². The Morgan fingerprint density at radius 3 is 2.07 bits per heavy atom. The second-order valence-corrected chi connectivity index (χ2v) is 9.28. The average molecular weight is 430 g/mol. The van der Waals surface area contributed by atoms with Gasteiger partial charge in [0.2, 0.25) is 15.9 Å². The molecule has 1 rings (SSSR count). The second kappa shape index (κ2) is 13.3. The fourth-order valence-corrected chi connectivity index (χ4v) is 3.01. The molecule has 0 bridgehead atoms. The summed E-state index contributed by atoms with van der Waals surface area (Å²) in [5.74, 6) is -1.34. The molecule has 2 unspecified atom stereocenters. The van der Waals surface area contributed by atoms with Crippen molar-refractivity contribution >= 4 is 21.9 Å². The minimum Gasteiger partial charge on any atom is -0.480 e. The molecule has 166 valence electrons. The first-order valence-electron chi connectivity index (χ1n) is 9.66. The third-order valence-electron chi connectivity index (χ3n) is 4.09. The highest BCUT2D eigenvalue weighted by atomic mass is 32.2. The zero-order valence-corrected chi connectivity index (χ0v) is 18.5. The van der Waals surface area contributed by atoms with Crippen LogP contribution in [0.5, 0.6) is 0 Å². The molecule has 0 radical (unpaired) electrons. The molecule has 29 heavy (non-hydrogen) atoms. The SMILES string of the molecule is CC(C)Cc1ccc(C(C)C(=O)NS(C)(=O)=O)cc1.NCCCCC(N)C(=O)O. The van der Waals surface area contributed by atoms with Crippen LogP contribution in [0, 0.1) is 5.92 Å². The van der Waals surface area contributed by atoms with E-state index in [1.54, 1.807) is 6.92 Å². The summed E-state index contributed by atoms with van der Waals surface area (Å²) in [4.78, 5) is 21.9. The van der Waals surface area contributed by atoms with Gasteiger partial charge in [-0.1, -0.05) is 44.5 Å². The number of nitrogens with one attached hydrogen (secondary N) is 1. The minimum atomic E-state index is -3.50. The van der Waals surface area contributed by atoms with E-state index in [4.69, 9.17) is 16.6 Å². The number of sulfonamides is 1. The molecule has 9 heteroatoms. The lowest BCUT2D eigenvalue weighted by molar-refractivity contribution is -0.138. The number of carbonyl (C=O) groups is 2. The van der Waals surface area contributed by atoms with Gasteiger partial charge in [0.1, 0.15) is 6.04 Å². The summed E-state index contributed by atoms with van der Waals surface area (Å²) in [6.45, 7) is 6.59. The number of carbonyl (C=O) groups excluding carboxylic acids is 1. The van der Waals surface area contributed by atoms with Crippen LogP contribution in [-0.4, -0.2) is 44.2 Å². The Morgan fingerprint density at radius 1 is 1.10 bits per heavy atom. The number of hydrogen-bond donors (Lipinski definition) is 4. The van der Waals surface area contributed by atoms with Gasteiger partial charge < -0.3 is 16.6 Å². The van der Waals surface area contributed by atoms with Crippen molar-refractivity contribution in [3.63, 3.8) is 0 Å². The van der Waals surface area contributed by atoms with E-state index in [0.717, 1.165) is 31.1 Å². The quantitative estimate of drug-likeness (QED) is 0.412. The largest absolute Gasteiger partial charge is 0.480 e. The zero-order chi connectivity index (χ0) is 22.6. The highest BCUT2D eigenvalue weighted by Gasteiger charge is 2.18. The molecule has 0 heterocycles. The first kappa shape index (κ1) is 27.0. The molecule has 0 spiro atoms. The van der Waals surface area contributed by atoms with Crippen molar-refractivity contribution < 1.29 is 23.1 Å². The standard InChI is InChI=1S/C14H21NO3S.C6H14N2O2/c1-10(2)9-12-5-7-13(8-6-12)11(3)14(16)15-19(4,17)18;7-4-2-1-3-5(8)6(9)10/h5-8,10-11H,9H2,1-4H3,(H,15,16);5H,1-4,7-8H2,(H,9,10). The summed E-state index contributed by atoms with van der Waals surface area (Å²) in [5.41, 5.74) is 12.5. The van der Waals surface area contributed by atoms with Gasteiger partial charge in [-0.25, -0.2) is 8.42 Å².